The molecule has 0 radical (unpaired) electrons. The molecule has 20 heavy (non-hydrogen) atoms. The smallest absolute Gasteiger partial charge is 0.224 e. The predicted molar refractivity (Wildman–Crippen MR) is 76.8 cm³/mol. The first-order valence-corrected chi connectivity index (χ1v) is 6.28. The molecule has 6 heteroatoms. The second-order valence-electron chi connectivity index (χ2n) is 4.27. The van der Waals surface area contributed by atoms with E-state index < -0.39 is 0 Å². The molecule has 0 atom stereocenters. The molecule has 1 heterocycles. The number of halogens is 1. The van der Waals surface area contributed by atoms with Crippen LogP contribution in [0.25, 0.3) is 0 Å². The lowest BCUT2D eigenvalue weighted by molar-refractivity contribution is 0.210. The number of benzene rings is 1. The van der Waals surface area contributed by atoms with Gasteiger partial charge in [0.2, 0.25) is 5.95 Å². The molecule has 1 aromatic carbocycles. The zero-order chi connectivity index (χ0) is 14.4. The molecular formula is C14H17FN4O. The number of anilines is 3. The highest BCUT2D eigenvalue weighted by Gasteiger charge is 2.02. The van der Waals surface area contributed by atoms with Crippen LogP contribution in [0.3, 0.4) is 0 Å². The van der Waals surface area contributed by atoms with Crippen LogP contribution in [0.4, 0.5) is 21.8 Å². The van der Waals surface area contributed by atoms with Crippen LogP contribution in [0.1, 0.15) is 5.69 Å². The number of methoxy groups -OCH3 is 1. The molecule has 0 spiro atoms. The zero-order valence-corrected chi connectivity index (χ0v) is 11.5. The second kappa shape index (κ2) is 6.81. The predicted octanol–water partition coefficient (Wildman–Crippen LogP) is 2.73. The molecule has 0 amide bonds. The first-order valence-electron chi connectivity index (χ1n) is 6.28. The standard InChI is InChI=1S/C14H17FN4O/c1-10-9-13(18-12-5-3-11(15)4-6-12)19-14(17-10)16-7-8-20-2/h3-6,9H,7-8H2,1-2H3,(H2,16,17,18,19). The Morgan fingerprint density at radius 2 is 1.95 bits per heavy atom. The number of hydrogen-bond acceptors (Lipinski definition) is 5. The molecule has 2 rings (SSSR count). The maximum atomic E-state index is 12.9. The summed E-state index contributed by atoms with van der Waals surface area (Å²) in [5.41, 5.74) is 1.61. The molecule has 106 valence electrons. The van der Waals surface area contributed by atoms with E-state index in [1.165, 1.54) is 12.1 Å². The van der Waals surface area contributed by atoms with E-state index in [4.69, 9.17) is 4.74 Å². The van der Waals surface area contributed by atoms with Crippen molar-refractivity contribution < 1.29 is 9.13 Å². The van der Waals surface area contributed by atoms with E-state index in [-0.39, 0.29) is 5.82 Å². The molecule has 0 fully saturated rings. The monoisotopic (exact) mass is 276 g/mol. The van der Waals surface area contributed by atoms with E-state index in [1.54, 1.807) is 19.2 Å². The van der Waals surface area contributed by atoms with Crippen molar-refractivity contribution in [1.82, 2.24) is 9.97 Å². The zero-order valence-electron chi connectivity index (χ0n) is 11.5. The molecule has 0 bridgehead atoms. The highest BCUT2D eigenvalue weighted by atomic mass is 19.1. The van der Waals surface area contributed by atoms with Crippen LogP contribution >= 0.6 is 0 Å². The van der Waals surface area contributed by atoms with Gasteiger partial charge in [0.25, 0.3) is 0 Å². The van der Waals surface area contributed by atoms with Crippen LogP contribution in [0.5, 0.6) is 0 Å². The van der Waals surface area contributed by atoms with Crippen LogP contribution in [-0.2, 0) is 4.74 Å². The average molecular weight is 276 g/mol. The van der Waals surface area contributed by atoms with Crippen molar-refractivity contribution in [3.8, 4) is 0 Å². The van der Waals surface area contributed by atoms with Gasteiger partial charge in [-0.2, -0.15) is 4.98 Å². The third-order valence-corrected chi connectivity index (χ3v) is 2.56. The van der Waals surface area contributed by atoms with Gasteiger partial charge in [0, 0.05) is 31.1 Å². The lowest BCUT2D eigenvalue weighted by Gasteiger charge is -2.09. The van der Waals surface area contributed by atoms with Crippen LogP contribution in [0.2, 0.25) is 0 Å². The van der Waals surface area contributed by atoms with Gasteiger partial charge < -0.3 is 15.4 Å². The van der Waals surface area contributed by atoms with E-state index in [0.29, 0.717) is 24.9 Å². The van der Waals surface area contributed by atoms with Gasteiger partial charge in [-0.3, -0.25) is 0 Å². The fraction of sp³-hybridized carbons (Fsp3) is 0.286. The van der Waals surface area contributed by atoms with Crippen molar-refractivity contribution in [1.29, 1.82) is 0 Å². The summed E-state index contributed by atoms with van der Waals surface area (Å²) in [6, 6.07) is 7.93. The Kier molecular flexibility index (Phi) is 4.84. The molecular weight excluding hydrogens is 259 g/mol. The Morgan fingerprint density at radius 3 is 2.65 bits per heavy atom. The minimum atomic E-state index is -0.267. The highest BCUT2D eigenvalue weighted by Crippen LogP contribution is 2.17. The molecule has 2 N–H and O–H groups in total. The molecule has 0 saturated heterocycles. The Balaban J connectivity index is 2.09. The first kappa shape index (κ1) is 14.2. The summed E-state index contributed by atoms with van der Waals surface area (Å²) in [7, 11) is 1.64. The van der Waals surface area contributed by atoms with E-state index in [0.717, 1.165) is 11.4 Å². The summed E-state index contributed by atoms with van der Waals surface area (Å²) in [5, 5.41) is 6.19. The average Bonchev–Trinajstić information content (AvgIpc) is 2.41. The van der Waals surface area contributed by atoms with Gasteiger partial charge in [0.1, 0.15) is 11.6 Å². The fourth-order valence-electron chi connectivity index (χ4n) is 1.66. The SMILES string of the molecule is COCCNc1nc(C)cc(Nc2ccc(F)cc2)n1. The molecule has 0 unspecified atom stereocenters. The molecule has 0 aliphatic heterocycles. The first-order chi connectivity index (χ1) is 9.67. The van der Waals surface area contributed by atoms with E-state index in [1.807, 2.05) is 13.0 Å². The van der Waals surface area contributed by atoms with Crippen LogP contribution in [0, 0.1) is 12.7 Å². The molecule has 1 aromatic heterocycles. The van der Waals surface area contributed by atoms with Crippen molar-refractivity contribution in [2.45, 2.75) is 6.92 Å². The van der Waals surface area contributed by atoms with Gasteiger partial charge in [-0.15, -0.1) is 0 Å². The van der Waals surface area contributed by atoms with Gasteiger partial charge in [0.05, 0.1) is 6.61 Å². The summed E-state index contributed by atoms with van der Waals surface area (Å²) in [5.74, 6) is 0.923. The quantitative estimate of drug-likeness (QED) is 0.794. The third-order valence-electron chi connectivity index (χ3n) is 2.56. The van der Waals surface area contributed by atoms with E-state index >= 15 is 0 Å². The molecule has 0 saturated carbocycles. The van der Waals surface area contributed by atoms with Crippen LogP contribution in [0.15, 0.2) is 30.3 Å². The van der Waals surface area contributed by atoms with Crippen molar-refractivity contribution in [3.63, 3.8) is 0 Å². The molecule has 0 aliphatic carbocycles. The summed E-state index contributed by atoms with van der Waals surface area (Å²) in [6.07, 6.45) is 0. The Morgan fingerprint density at radius 1 is 1.20 bits per heavy atom. The summed E-state index contributed by atoms with van der Waals surface area (Å²) >= 11 is 0. The topological polar surface area (TPSA) is 59.1 Å². The fourth-order valence-corrected chi connectivity index (χ4v) is 1.66. The minimum absolute atomic E-state index is 0.267. The Hall–Kier alpha value is -2.21. The van der Waals surface area contributed by atoms with Gasteiger partial charge in [0.15, 0.2) is 0 Å². The largest absolute Gasteiger partial charge is 0.383 e. The van der Waals surface area contributed by atoms with Crippen LogP contribution < -0.4 is 10.6 Å². The van der Waals surface area contributed by atoms with Crippen molar-refractivity contribution >= 4 is 17.5 Å². The number of hydrogen-bond donors (Lipinski definition) is 2. The molecule has 5 nitrogen and oxygen atoms in total. The van der Waals surface area contributed by atoms with Gasteiger partial charge in [-0.25, -0.2) is 9.37 Å². The summed E-state index contributed by atoms with van der Waals surface area (Å²) in [6.45, 7) is 3.10. The maximum absolute atomic E-state index is 12.9. The number of nitrogens with one attached hydrogen (secondary N) is 2. The second-order valence-corrected chi connectivity index (χ2v) is 4.27. The highest BCUT2D eigenvalue weighted by molar-refractivity contribution is 5.57. The summed E-state index contributed by atoms with van der Waals surface area (Å²) in [4.78, 5) is 8.62. The van der Waals surface area contributed by atoms with Gasteiger partial charge in [-0.1, -0.05) is 0 Å². The van der Waals surface area contributed by atoms with Gasteiger partial charge in [-0.05, 0) is 31.2 Å². The number of ether oxygens (including phenoxy) is 1. The third kappa shape index (κ3) is 4.17. The lowest BCUT2D eigenvalue weighted by atomic mass is 10.3. The van der Waals surface area contributed by atoms with Gasteiger partial charge >= 0.3 is 0 Å². The minimum Gasteiger partial charge on any atom is -0.383 e. The van der Waals surface area contributed by atoms with Crippen LogP contribution in [-0.4, -0.2) is 30.2 Å². The van der Waals surface area contributed by atoms with Crippen molar-refractivity contribution in [2.75, 3.05) is 30.9 Å². The maximum Gasteiger partial charge on any atom is 0.224 e. The number of nitrogens with zero attached hydrogens (tertiary/aromatic N) is 2. The normalized spacial score (nSPS) is 10.3. The number of aryl methyl sites for hydroxylation is 1. The molecule has 2 aromatic rings. The van der Waals surface area contributed by atoms with Crippen molar-refractivity contribution in [2.24, 2.45) is 0 Å². The lowest BCUT2D eigenvalue weighted by Crippen LogP contribution is -2.11. The van der Waals surface area contributed by atoms with E-state index in [9.17, 15) is 4.39 Å². The Bertz CT molecular complexity index is 560. The Labute approximate surface area is 117 Å². The number of aromatic nitrogens is 2. The number of rotatable bonds is 6. The van der Waals surface area contributed by atoms with E-state index in [2.05, 4.69) is 20.6 Å². The summed E-state index contributed by atoms with van der Waals surface area (Å²) < 4.78 is 17.8. The van der Waals surface area contributed by atoms with Crippen molar-refractivity contribution in [3.05, 3.63) is 41.8 Å². The molecule has 0 aliphatic rings.